The maximum absolute atomic E-state index is 10.0. The summed E-state index contributed by atoms with van der Waals surface area (Å²) in [6, 6.07) is 30.8. The fourth-order valence-corrected chi connectivity index (χ4v) is 3.25. The van der Waals surface area contributed by atoms with Gasteiger partial charge >= 0.3 is 0 Å². The smallest absolute Gasteiger partial charge is 0.100 e. The first-order valence-corrected chi connectivity index (χ1v) is 8.47. The van der Waals surface area contributed by atoms with Crippen LogP contribution < -0.4 is 0 Å². The molecule has 0 saturated heterocycles. The van der Waals surface area contributed by atoms with Crippen LogP contribution in [0.15, 0.2) is 97.3 Å². The Bertz CT molecular complexity index is 1060. The first-order valence-electron chi connectivity index (χ1n) is 8.47. The molecule has 0 atom stereocenters. The van der Waals surface area contributed by atoms with E-state index in [1.807, 2.05) is 54.6 Å². The second-order valence-corrected chi connectivity index (χ2v) is 5.99. The Balaban J connectivity index is 2.05. The van der Waals surface area contributed by atoms with Gasteiger partial charge in [-0.15, -0.1) is 0 Å². The number of hydrogen-bond donors (Lipinski definition) is 0. The lowest BCUT2D eigenvalue weighted by Crippen LogP contribution is -1.94. The van der Waals surface area contributed by atoms with Gasteiger partial charge in [-0.1, -0.05) is 72.8 Å². The molecule has 1 heterocycles. The van der Waals surface area contributed by atoms with Crippen molar-refractivity contribution in [1.82, 2.24) is 4.98 Å². The number of hydrogen-bond acceptors (Lipinski definition) is 2. The number of aromatic nitrogens is 1. The van der Waals surface area contributed by atoms with Crippen LogP contribution in [0.3, 0.4) is 0 Å². The molecule has 0 saturated carbocycles. The van der Waals surface area contributed by atoms with Crippen LogP contribution >= 0.6 is 0 Å². The Hall–Kier alpha value is -3.70. The Kier molecular flexibility index (Phi) is 4.28. The SMILES string of the molecule is N#Cc1c(-c2ccncc2)ccc(-c2ccccc2)c1-c1ccccc1. The predicted octanol–water partition coefficient (Wildman–Crippen LogP) is 5.95. The average molecular weight is 332 g/mol. The molecule has 26 heavy (non-hydrogen) atoms. The molecule has 0 N–H and O–H groups in total. The lowest BCUT2D eigenvalue weighted by atomic mass is 9.86. The summed E-state index contributed by atoms with van der Waals surface area (Å²) in [7, 11) is 0. The van der Waals surface area contributed by atoms with Crippen LogP contribution in [0.1, 0.15) is 5.56 Å². The monoisotopic (exact) mass is 332 g/mol. The molecule has 0 unspecified atom stereocenters. The molecule has 2 heteroatoms. The number of benzene rings is 3. The zero-order valence-corrected chi connectivity index (χ0v) is 14.1. The van der Waals surface area contributed by atoms with Gasteiger partial charge in [-0.25, -0.2) is 0 Å². The molecule has 122 valence electrons. The third kappa shape index (κ3) is 2.87. The number of nitriles is 1. The Morgan fingerprint density at radius 3 is 1.73 bits per heavy atom. The molecule has 0 spiro atoms. The molecule has 0 amide bonds. The maximum Gasteiger partial charge on any atom is 0.100 e. The predicted molar refractivity (Wildman–Crippen MR) is 105 cm³/mol. The highest BCUT2D eigenvalue weighted by Gasteiger charge is 2.17. The highest BCUT2D eigenvalue weighted by Crippen LogP contribution is 2.39. The van der Waals surface area contributed by atoms with Crippen LogP contribution in [0.5, 0.6) is 0 Å². The quantitative estimate of drug-likeness (QED) is 0.464. The Morgan fingerprint density at radius 2 is 1.12 bits per heavy atom. The van der Waals surface area contributed by atoms with Crippen molar-refractivity contribution in [1.29, 1.82) is 5.26 Å². The van der Waals surface area contributed by atoms with E-state index < -0.39 is 0 Å². The van der Waals surface area contributed by atoms with Gasteiger partial charge in [0.05, 0.1) is 5.56 Å². The summed E-state index contributed by atoms with van der Waals surface area (Å²) in [5.41, 5.74) is 6.77. The van der Waals surface area contributed by atoms with Crippen LogP contribution in [0, 0.1) is 11.3 Å². The first kappa shape index (κ1) is 15.8. The summed E-state index contributed by atoms with van der Waals surface area (Å²) in [6.07, 6.45) is 3.51. The molecule has 0 bridgehead atoms. The lowest BCUT2D eigenvalue weighted by Gasteiger charge is -2.16. The lowest BCUT2D eigenvalue weighted by molar-refractivity contribution is 1.33. The minimum absolute atomic E-state index is 0.684. The van der Waals surface area contributed by atoms with Crippen molar-refractivity contribution in [3.05, 3.63) is 103 Å². The Labute approximate surface area is 153 Å². The minimum atomic E-state index is 0.684. The standard InChI is InChI=1S/C24H16N2/c25-17-23-21(19-13-15-26-16-14-19)11-12-22(18-7-3-1-4-8-18)24(23)20-9-5-2-6-10-20/h1-16H. The highest BCUT2D eigenvalue weighted by atomic mass is 14.6. The molecule has 4 rings (SSSR count). The van der Waals surface area contributed by atoms with Gasteiger partial charge in [-0.2, -0.15) is 5.26 Å². The van der Waals surface area contributed by atoms with Gasteiger partial charge < -0.3 is 0 Å². The molecular formula is C24H16N2. The van der Waals surface area contributed by atoms with Crippen LogP contribution in [0.2, 0.25) is 0 Å². The van der Waals surface area contributed by atoms with Gasteiger partial charge in [0, 0.05) is 23.5 Å². The molecule has 0 aliphatic heterocycles. The van der Waals surface area contributed by atoms with Gasteiger partial charge in [0.15, 0.2) is 0 Å². The molecular weight excluding hydrogens is 316 g/mol. The van der Waals surface area contributed by atoms with E-state index in [9.17, 15) is 5.26 Å². The fourth-order valence-electron chi connectivity index (χ4n) is 3.25. The molecule has 0 radical (unpaired) electrons. The van der Waals surface area contributed by atoms with Crippen molar-refractivity contribution in [2.24, 2.45) is 0 Å². The van der Waals surface area contributed by atoms with E-state index in [2.05, 4.69) is 41.4 Å². The van der Waals surface area contributed by atoms with E-state index >= 15 is 0 Å². The third-order valence-electron chi connectivity index (χ3n) is 4.46. The maximum atomic E-state index is 10.0. The second-order valence-electron chi connectivity index (χ2n) is 5.99. The van der Waals surface area contributed by atoms with Gasteiger partial charge in [-0.05, 0) is 34.4 Å². The minimum Gasteiger partial charge on any atom is -0.265 e. The zero-order chi connectivity index (χ0) is 17.8. The van der Waals surface area contributed by atoms with Gasteiger partial charge in [0.2, 0.25) is 0 Å². The van der Waals surface area contributed by atoms with Crippen LogP contribution in [-0.2, 0) is 0 Å². The molecule has 1 aromatic heterocycles. The molecule has 0 aliphatic rings. The van der Waals surface area contributed by atoms with Gasteiger partial charge in [0.25, 0.3) is 0 Å². The van der Waals surface area contributed by atoms with E-state index in [1.165, 1.54) is 0 Å². The summed E-state index contributed by atoms with van der Waals surface area (Å²) < 4.78 is 0. The number of nitrogens with zero attached hydrogens (tertiary/aromatic N) is 2. The number of rotatable bonds is 3. The van der Waals surface area contributed by atoms with Crippen molar-refractivity contribution in [2.45, 2.75) is 0 Å². The molecule has 2 nitrogen and oxygen atoms in total. The number of pyridine rings is 1. The van der Waals surface area contributed by atoms with Gasteiger partial charge in [-0.3, -0.25) is 4.98 Å². The Morgan fingerprint density at radius 1 is 0.577 bits per heavy atom. The molecule has 0 aliphatic carbocycles. The largest absolute Gasteiger partial charge is 0.265 e. The van der Waals surface area contributed by atoms with Crippen molar-refractivity contribution < 1.29 is 0 Å². The van der Waals surface area contributed by atoms with Crippen LogP contribution in [-0.4, -0.2) is 4.98 Å². The first-order chi connectivity index (χ1) is 12.9. The summed E-state index contributed by atoms with van der Waals surface area (Å²) in [4.78, 5) is 4.09. The summed E-state index contributed by atoms with van der Waals surface area (Å²) in [5.74, 6) is 0. The van der Waals surface area contributed by atoms with Crippen molar-refractivity contribution >= 4 is 0 Å². The van der Waals surface area contributed by atoms with E-state index in [-0.39, 0.29) is 0 Å². The summed E-state index contributed by atoms with van der Waals surface area (Å²) >= 11 is 0. The van der Waals surface area contributed by atoms with Gasteiger partial charge in [0.1, 0.15) is 6.07 Å². The van der Waals surface area contributed by atoms with E-state index in [0.717, 1.165) is 33.4 Å². The molecule has 4 aromatic rings. The topological polar surface area (TPSA) is 36.7 Å². The second kappa shape index (κ2) is 7.04. The fraction of sp³-hybridized carbons (Fsp3) is 0. The average Bonchev–Trinajstić information content (AvgIpc) is 2.74. The summed E-state index contributed by atoms with van der Waals surface area (Å²) in [6.45, 7) is 0. The normalized spacial score (nSPS) is 10.3. The van der Waals surface area contributed by atoms with E-state index in [4.69, 9.17) is 0 Å². The van der Waals surface area contributed by atoms with E-state index in [0.29, 0.717) is 5.56 Å². The van der Waals surface area contributed by atoms with Crippen molar-refractivity contribution in [2.75, 3.05) is 0 Å². The van der Waals surface area contributed by atoms with Crippen LogP contribution in [0.4, 0.5) is 0 Å². The molecule has 3 aromatic carbocycles. The zero-order valence-electron chi connectivity index (χ0n) is 14.1. The molecule has 0 fully saturated rings. The summed E-state index contributed by atoms with van der Waals surface area (Å²) in [5, 5.41) is 10.0. The van der Waals surface area contributed by atoms with Crippen molar-refractivity contribution in [3.63, 3.8) is 0 Å². The third-order valence-corrected chi connectivity index (χ3v) is 4.46. The van der Waals surface area contributed by atoms with E-state index in [1.54, 1.807) is 12.4 Å². The van der Waals surface area contributed by atoms with Crippen LogP contribution in [0.25, 0.3) is 33.4 Å². The van der Waals surface area contributed by atoms with Crippen molar-refractivity contribution in [3.8, 4) is 39.4 Å². The highest BCUT2D eigenvalue weighted by molar-refractivity contribution is 5.92.